The quantitative estimate of drug-likeness (QED) is 0.761. The van der Waals surface area contributed by atoms with E-state index in [0.717, 1.165) is 25.8 Å². The molecule has 0 spiro atoms. The van der Waals surface area contributed by atoms with E-state index in [2.05, 4.69) is 30.9 Å². The minimum absolute atomic E-state index is 0.222. The predicted molar refractivity (Wildman–Crippen MR) is 81.4 cm³/mol. The highest BCUT2D eigenvalue weighted by molar-refractivity contribution is 5.68. The van der Waals surface area contributed by atoms with Crippen LogP contribution in [0.25, 0.3) is 6.08 Å². The summed E-state index contributed by atoms with van der Waals surface area (Å²) in [4.78, 5) is 13.7. The fourth-order valence-electron chi connectivity index (χ4n) is 2.46. The Morgan fingerprint density at radius 1 is 1.40 bits per heavy atom. The molecular formula is C17H21NO2. The lowest BCUT2D eigenvalue weighted by Gasteiger charge is -2.22. The number of hydrogen-bond acceptors (Lipinski definition) is 2. The topological polar surface area (TPSA) is 29.5 Å². The molecule has 1 heterocycles. The molecular weight excluding hydrogens is 250 g/mol. The monoisotopic (exact) mass is 271 g/mol. The van der Waals surface area contributed by atoms with Crippen LogP contribution in [0.15, 0.2) is 49.1 Å². The Kier molecular flexibility index (Phi) is 5.42. The van der Waals surface area contributed by atoms with E-state index in [1.165, 1.54) is 5.56 Å². The zero-order valence-electron chi connectivity index (χ0n) is 11.7. The summed E-state index contributed by atoms with van der Waals surface area (Å²) in [5.74, 6) is 0. The van der Waals surface area contributed by atoms with Crippen molar-refractivity contribution in [2.45, 2.75) is 25.3 Å². The Morgan fingerprint density at radius 2 is 2.20 bits per heavy atom. The standard InChI is InChI=1S/C17H21NO2/c1-2-14-20-17(19)18-13-7-12-16(18)11-6-10-15-8-4-3-5-9-15/h2-6,8-10,16H,1,7,11-14H2/b10-6-. The number of nitrogens with zero attached hydrogens (tertiary/aromatic N) is 1. The van der Waals surface area contributed by atoms with Gasteiger partial charge in [-0.1, -0.05) is 55.1 Å². The van der Waals surface area contributed by atoms with Gasteiger partial charge in [-0.05, 0) is 24.8 Å². The number of likely N-dealkylation sites (tertiary alicyclic amines) is 1. The maximum absolute atomic E-state index is 11.9. The highest BCUT2D eigenvalue weighted by Crippen LogP contribution is 2.21. The van der Waals surface area contributed by atoms with Crippen molar-refractivity contribution in [3.8, 4) is 0 Å². The van der Waals surface area contributed by atoms with Crippen molar-refractivity contribution in [1.29, 1.82) is 0 Å². The summed E-state index contributed by atoms with van der Waals surface area (Å²) in [5, 5.41) is 0. The minimum Gasteiger partial charge on any atom is -0.445 e. The van der Waals surface area contributed by atoms with Gasteiger partial charge in [0.15, 0.2) is 0 Å². The van der Waals surface area contributed by atoms with Crippen LogP contribution in [0.3, 0.4) is 0 Å². The van der Waals surface area contributed by atoms with Crippen LogP contribution in [-0.2, 0) is 4.74 Å². The van der Waals surface area contributed by atoms with Crippen LogP contribution < -0.4 is 0 Å². The van der Waals surface area contributed by atoms with Crippen LogP contribution in [0, 0.1) is 0 Å². The van der Waals surface area contributed by atoms with Gasteiger partial charge >= 0.3 is 6.09 Å². The number of hydrogen-bond donors (Lipinski definition) is 0. The van der Waals surface area contributed by atoms with Gasteiger partial charge < -0.3 is 9.64 Å². The second kappa shape index (κ2) is 7.53. The van der Waals surface area contributed by atoms with E-state index in [0.29, 0.717) is 0 Å². The van der Waals surface area contributed by atoms with Crippen molar-refractivity contribution in [2.24, 2.45) is 0 Å². The summed E-state index contributed by atoms with van der Waals surface area (Å²) in [5.41, 5.74) is 1.19. The molecule has 0 radical (unpaired) electrons. The lowest BCUT2D eigenvalue weighted by molar-refractivity contribution is 0.108. The molecule has 2 rings (SSSR count). The second-order valence-corrected chi connectivity index (χ2v) is 4.90. The average Bonchev–Trinajstić information content (AvgIpc) is 2.94. The fourth-order valence-corrected chi connectivity index (χ4v) is 2.46. The van der Waals surface area contributed by atoms with Crippen LogP contribution in [0.4, 0.5) is 4.79 Å². The molecule has 1 amide bonds. The molecule has 0 N–H and O–H groups in total. The first-order valence-electron chi connectivity index (χ1n) is 7.07. The number of carbonyl (C=O) groups is 1. The van der Waals surface area contributed by atoms with Crippen molar-refractivity contribution in [2.75, 3.05) is 13.2 Å². The van der Waals surface area contributed by atoms with Crippen molar-refractivity contribution >= 4 is 12.2 Å². The molecule has 0 aliphatic carbocycles. The molecule has 1 aromatic rings. The van der Waals surface area contributed by atoms with Crippen molar-refractivity contribution in [3.05, 3.63) is 54.6 Å². The molecule has 1 saturated heterocycles. The number of amides is 1. The molecule has 1 aliphatic heterocycles. The zero-order valence-corrected chi connectivity index (χ0v) is 11.7. The van der Waals surface area contributed by atoms with Crippen molar-refractivity contribution in [3.63, 3.8) is 0 Å². The first-order chi connectivity index (χ1) is 9.81. The van der Waals surface area contributed by atoms with Crippen LogP contribution in [-0.4, -0.2) is 30.2 Å². The Bertz CT molecular complexity index is 467. The largest absolute Gasteiger partial charge is 0.445 e. The van der Waals surface area contributed by atoms with E-state index in [4.69, 9.17) is 4.74 Å². The highest BCUT2D eigenvalue weighted by Gasteiger charge is 2.28. The number of rotatable bonds is 5. The molecule has 1 fully saturated rings. The first kappa shape index (κ1) is 14.4. The molecule has 1 aromatic carbocycles. The Morgan fingerprint density at radius 3 is 2.95 bits per heavy atom. The molecule has 3 nitrogen and oxygen atoms in total. The maximum atomic E-state index is 11.9. The molecule has 1 atom stereocenters. The molecule has 0 saturated carbocycles. The summed E-state index contributed by atoms with van der Waals surface area (Å²) in [7, 11) is 0. The van der Waals surface area contributed by atoms with E-state index in [1.807, 2.05) is 23.1 Å². The van der Waals surface area contributed by atoms with E-state index in [1.54, 1.807) is 6.08 Å². The number of carbonyl (C=O) groups excluding carboxylic acids is 1. The third-order valence-electron chi connectivity index (χ3n) is 3.45. The Labute approximate surface area is 120 Å². The zero-order chi connectivity index (χ0) is 14.2. The summed E-state index contributed by atoms with van der Waals surface area (Å²) in [6.07, 6.45) is 8.58. The summed E-state index contributed by atoms with van der Waals surface area (Å²) in [6, 6.07) is 10.4. The van der Waals surface area contributed by atoms with Gasteiger partial charge in [0.1, 0.15) is 6.61 Å². The molecule has 0 bridgehead atoms. The fraction of sp³-hybridized carbons (Fsp3) is 0.353. The Balaban J connectivity index is 1.86. The van der Waals surface area contributed by atoms with Crippen LogP contribution in [0.1, 0.15) is 24.8 Å². The van der Waals surface area contributed by atoms with E-state index in [9.17, 15) is 4.79 Å². The normalized spacial score (nSPS) is 18.4. The second-order valence-electron chi connectivity index (χ2n) is 4.90. The molecule has 0 aromatic heterocycles. The molecule has 3 heteroatoms. The van der Waals surface area contributed by atoms with Gasteiger partial charge in [-0.2, -0.15) is 0 Å². The Hall–Kier alpha value is -2.03. The van der Waals surface area contributed by atoms with Crippen LogP contribution in [0.2, 0.25) is 0 Å². The van der Waals surface area contributed by atoms with Gasteiger partial charge in [-0.25, -0.2) is 4.79 Å². The average molecular weight is 271 g/mol. The van der Waals surface area contributed by atoms with Gasteiger partial charge in [0, 0.05) is 12.6 Å². The summed E-state index contributed by atoms with van der Waals surface area (Å²) in [6.45, 7) is 4.63. The molecule has 1 aliphatic rings. The van der Waals surface area contributed by atoms with Gasteiger partial charge in [0.25, 0.3) is 0 Å². The number of ether oxygens (including phenoxy) is 1. The highest BCUT2D eigenvalue weighted by atomic mass is 16.6. The number of benzene rings is 1. The maximum Gasteiger partial charge on any atom is 0.410 e. The summed E-state index contributed by atoms with van der Waals surface area (Å²) < 4.78 is 5.11. The van der Waals surface area contributed by atoms with E-state index < -0.39 is 0 Å². The minimum atomic E-state index is -0.222. The van der Waals surface area contributed by atoms with Gasteiger partial charge in [0.2, 0.25) is 0 Å². The molecule has 1 unspecified atom stereocenters. The van der Waals surface area contributed by atoms with Crippen molar-refractivity contribution in [1.82, 2.24) is 4.90 Å². The van der Waals surface area contributed by atoms with E-state index in [-0.39, 0.29) is 18.7 Å². The molecule has 106 valence electrons. The lowest BCUT2D eigenvalue weighted by atomic mass is 10.1. The predicted octanol–water partition coefficient (Wildman–Crippen LogP) is 3.88. The van der Waals surface area contributed by atoms with Gasteiger partial charge in [-0.15, -0.1) is 0 Å². The van der Waals surface area contributed by atoms with Gasteiger partial charge in [-0.3, -0.25) is 0 Å². The lowest BCUT2D eigenvalue weighted by Crippen LogP contribution is -2.35. The summed E-state index contributed by atoms with van der Waals surface area (Å²) >= 11 is 0. The third kappa shape index (κ3) is 3.98. The third-order valence-corrected chi connectivity index (χ3v) is 3.45. The van der Waals surface area contributed by atoms with Gasteiger partial charge in [0.05, 0.1) is 0 Å². The van der Waals surface area contributed by atoms with E-state index >= 15 is 0 Å². The SMILES string of the molecule is C=CCOC(=O)N1CCCC1C/C=C\c1ccccc1. The first-order valence-corrected chi connectivity index (χ1v) is 7.07. The van der Waals surface area contributed by atoms with Crippen LogP contribution in [0.5, 0.6) is 0 Å². The van der Waals surface area contributed by atoms with Crippen molar-refractivity contribution < 1.29 is 9.53 Å². The smallest absolute Gasteiger partial charge is 0.410 e. The molecule has 20 heavy (non-hydrogen) atoms. The van der Waals surface area contributed by atoms with Crippen LogP contribution >= 0.6 is 0 Å².